The van der Waals surface area contributed by atoms with Gasteiger partial charge in [-0.05, 0) is 48.2 Å². The van der Waals surface area contributed by atoms with Crippen LogP contribution in [-0.4, -0.2) is 7.11 Å². The van der Waals surface area contributed by atoms with Gasteiger partial charge in [0.15, 0.2) is 0 Å². The van der Waals surface area contributed by atoms with Crippen molar-refractivity contribution < 1.29 is 4.74 Å². The second-order valence-electron chi connectivity index (χ2n) is 4.48. The van der Waals surface area contributed by atoms with E-state index < -0.39 is 0 Å². The zero-order valence-corrected chi connectivity index (χ0v) is 12.5. The van der Waals surface area contributed by atoms with E-state index in [9.17, 15) is 0 Å². The molecule has 0 spiro atoms. The minimum absolute atomic E-state index is 0.0893. The molecule has 0 N–H and O–H groups in total. The Balaban J connectivity index is 2.23. The molecular formula is C16H16Cl2O. The van der Waals surface area contributed by atoms with Crippen LogP contribution in [0.2, 0.25) is 5.02 Å². The topological polar surface area (TPSA) is 9.23 Å². The first-order valence-electron chi connectivity index (χ1n) is 6.14. The highest BCUT2D eigenvalue weighted by molar-refractivity contribution is 6.30. The van der Waals surface area contributed by atoms with Crippen molar-refractivity contribution in [1.29, 1.82) is 0 Å². The van der Waals surface area contributed by atoms with Gasteiger partial charge in [-0.15, -0.1) is 11.6 Å². The number of aryl methyl sites for hydroxylation is 1. The van der Waals surface area contributed by atoms with Crippen molar-refractivity contribution in [2.45, 2.75) is 18.7 Å². The molecule has 0 aliphatic carbocycles. The van der Waals surface area contributed by atoms with Crippen LogP contribution >= 0.6 is 23.2 Å². The number of hydrogen-bond acceptors (Lipinski definition) is 1. The first-order chi connectivity index (χ1) is 9.11. The van der Waals surface area contributed by atoms with E-state index >= 15 is 0 Å². The molecule has 0 radical (unpaired) electrons. The molecule has 0 bridgehead atoms. The van der Waals surface area contributed by atoms with Crippen molar-refractivity contribution in [3.8, 4) is 5.75 Å². The van der Waals surface area contributed by atoms with Gasteiger partial charge in [0.25, 0.3) is 0 Å². The Bertz CT molecular complexity index is 566. The van der Waals surface area contributed by atoms with Crippen molar-refractivity contribution in [2.75, 3.05) is 7.11 Å². The van der Waals surface area contributed by atoms with Crippen LogP contribution in [0.5, 0.6) is 5.75 Å². The van der Waals surface area contributed by atoms with Crippen molar-refractivity contribution in [2.24, 2.45) is 0 Å². The summed E-state index contributed by atoms with van der Waals surface area (Å²) in [7, 11) is 1.68. The molecule has 2 aromatic carbocycles. The molecule has 2 aromatic rings. The lowest BCUT2D eigenvalue weighted by atomic mass is 9.99. The molecule has 19 heavy (non-hydrogen) atoms. The van der Waals surface area contributed by atoms with Gasteiger partial charge in [-0.1, -0.05) is 35.9 Å². The number of hydrogen-bond donors (Lipinski definition) is 0. The van der Waals surface area contributed by atoms with Crippen LogP contribution in [0.15, 0.2) is 42.5 Å². The molecule has 0 heterocycles. The average molecular weight is 295 g/mol. The van der Waals surface area contributed by atoms with Crippen molar-refractivity contribution in [3.63, 3.8) is 0 Å². The maximum absolute atomic E-state index is 6.53. The molecule has 2 rings (SSSR count). The van der Waals surface area contributed by atoms with Gasteiger partial charge in [0, 0.05) is 5.02 Å². The van der Waals surface area contributed by atoms with E-state index in [1.165, 1.54) is 0 Å². The second-order valence-corrected chi connectivity index (χ2v) is 5.45. The van der Waals surface area contributed by atoms with Crippen LogP contribution in [0.3, 0.4) is 0 Å². The number of ether oxygens (including phenoxy) is 1. The number of para-hydroxylation sites is 1. The lowest BCUT2D eigenvalue weighted by Crippen LogP contribution is -2.00. The molecule has 1 nitrogen and oxygen atoms in total. The highest BCUT2D eigenvalue weighted by atomic mass is 35.5. The molecule has 100 valence electrons. The lowest BCUT2D eigenvalue weighted by molar-refractivity contribution is 0.409. The van der Waals surface area contributed by atoms with Crippen molar-refractivity contribution in [1.82, 2.24) is 0 Å². The second kappa shape index (κ2) is 6.31. The van der Waals surface area contributed by atoms with E-state index in [-0.39, 0.29) is 5.38 Å². The Hall–Kier alpha value is -1.18. The molecule has 1 atom stereocenters. The summed E-state index contributed by atoms with van der Waals surface area (Å²) in [4.78, 5) is 0. The third-order valence-electron chi connectivity index (χ3n) is 3.16. The van der Waals surface area contributed by atoms with Crippen LogP contribution in [0.25, 0.3) is 0 Å². The van der Waals surface area contributed by atoms with E-state index in [1.54, 1.807) is 7.11 Å². The Labute approximate surface area is 124 Å². The van der Waals surface area contributed by atoms with Crippen LogP contribution in [0, 0.1) is 6.92 Å². The van der Waals surface area contributed by atoms with E-state index in [1.807, 2.05) is 49.4 Å². The van der Waals surface area contributed by atoms with Gasteiger partial charge in [-0.25, -0.2) is 0 Å². The van der Waals surface area contributed by atoms with Crippen molar-refractivity contribution >= 4 is 23.2 Å². The molecule has 3 heteroatoms. The molecule has 0 aliphatic heterocycles. The molecule has 0 fully saturated rings. The summed E-state index contributed by atoms with van der Waals surface area (Å²) >= 11 is 12.5. The Morgan fingerprint density at radius 3 is 2.58 bits per heavy atom. The predicted octanol–water partition coefficient (Wildman–Crippen LogP) is 5.18. The fraction of sp³-hybridized carbons (Fsp3) is 0.250. The normalized spacial score (nSPS) is 12.2. The van der Waals surface area contributed by atoms with Gasteiger partial charge >= 0.3 is 0 Å². The largest absolute Gasteiger partial charge is 0.496 e. The first-order valence-corrected chi connectivity index (χ1v) is 6.95. The average Bonchev–Trinajstić information content (AvgIpc) is 2.39. The molecule has 0 amide bonds. The predicted molar refractivity (Wildman–Crippen MR) is 81.5 cm³/mol. The van der Waals surface area contributed by atoms with Gasteiger partial charge in [0.2, 0.25) is 0 Å². The third-order valence-corrected chi connectivity index (χ3v) is 3.79. The van der Waals surface area contributed by atoms with E-state index in [2.05, 4.69) is 0 Å². The monoisotopic (exact) mass is 294 g/mol. The van der Waals surface area contributed by atoms with Crippen LogP contribution < -0.4 is 4.74 Å². The van der Waals surface area contributed by atoms with Gasteiger partial charge < -0.3 is 4.74 Å². The van der Waals surface area contributed by atoms with Crippen molar-refractivity contribution in [3.05, 3.63) is 64.2 Å². The molecular weight excluding hydrogens is 279 g/mol. The van der Waals surface area contributed by atoms with Gasteiger partial charge in [-0.3, -0.25) is 0 Å². The highest BCUT2D eigenvalue weighted by Gasteiger charge is 2.14. The number of rotatable bonds is 4. The number of methoxy groups -OCH3 is 1. The lowest BCUT2D eigenvalue weighted by Gasteiger charge is -2.15. The van der Waals surface area contributed by atoms with Crippen LogP contribution in [0.1, 0.15) is 22.1 Å². The zero-order chi connectivity index (χ0) is 13.8. The van der Waals surface area contributed by atoms with E-state index in [0.29, 0.717) is 0 Å². The summed E-state index contributed by atoms with van der Waals surface area (Å²) in [6, 6.07) is 13.8. The van der Waals surface area contributed by atoms with E-state index in [4.69, 9.17) is 27.9 Å². The molecule has 0 aliphatic rings. The summed E-state index contributed by atoms with van der Waals surface area (Å²) in [5.41, 5.74) is 3.33. The maximum Gasteiger partial charge on any atom is 0.122 e. The van der Waals surface area contributed by atoms with Gasteiger partial charge in [-0.2, -0.15) is 0 Å². The Morgan fingerprint density at radius 1 is 1.16 bits per heavy atom. The van der Waals surface area contributed by atoms with Crippen LogP contribution in [0.4, 0.5) is 0 Å². The fourth-order valence-corrected chi connectivity index (χ4v) is 2.80. The molecule has 0 saturated heterocycles. The summed E-state index contributed by atoms with van der Waals surface area (Å²) < 4.78 is 5.35. The summed E-state index contributed by atoms with van der Waals surface area (Å²) in [6.07, 6.45) is 0.730. The van der Waals surface area contributed by atoms with Crippen LogP contribution in [-0.2, 0) is 6.42 Å². The number of benzene rings is 2. The summed E-state index contributed by atoms with van der Waals surface area (Å²) in [5, 5.41) is 0.649. The maximum atomic E-state index is 6.53. The third kappa shape index (κ3) is 3.43. The van der Waals surface area contributed by atoms with Gasteiger partial charge in [0.05, 0.1) is 12.5 Å². The molecule has 1 unspecified atom stereocenters. The minimum Gasteiger partial charge on any atom is -0.496 e. The Morgan fingerprint density at radius 2 is 1.89 bits per heavy atom. The highest BCUT2D eigenvalue weighted by Crippen LogP contribution is 2.31. The SMILES string of the molecule is COc1ccccc1CC(Cl)c1ccc(Cl)cc1C. The molecule has 0 aromatic heterocycles. The minimum atomic E-state index is -0.0893. The summed E-state index contributed by atoms with van der Waals surface area (Å²) in [5.74, 6) is 0.875. The number of alkyl halides is 1. The van der Waals surface area contributed by atoms with Gasteiger partial charge in [0.1, 0.15) is 5.75 Å². The fourth-order valence-electron chi connectivity index (χ4n) is 2.17. The molecule has 0 saturated carbocycles. The quantitative estimate of drug-likeness (QED) is 0.706. The number of halogens is 2. The Kier molecular flexibility index (Phi) is 4.73. The smallest absolute Gasteiger partial charge is 0.122 e. The van der Waals surface area contributed by atoms with E-state index in [0.717, 1.165) is 33.9 Å². The first kappa shape index (κ1) is 14.2. The standard InChI is InChI=1S/C16H16Cl2O/c1-11-9-13(17)7-8-14(11)15(18)10-12-5-3-4-6-16(12)19-2/h3-9,15H,10H2,1-2H3. The summed E-state index contributed by atoms with van der Waals surface area (Å²) in [6.45, 7) is 2.03. The zero-order valence-electron chi connectivity index (χ0n) is 11.0.